The Kier molecular flexibility index (Phi) is 7.09. The number of carbonyl (C=O) groups excluding carboxylic acids is 1. The van der Waals surface area contributed by atoms with Crippen LogP contribution in [0.4, 0.5) is 5.69 Å². The standard InChI is InChI=1S/C16H26N2O2/c1-12(2)11-20-9-5-8-18-16(19)15-7-6-14(17-4)10-13(15)3/h6-7,10,12,17H,5,8-9,11H2,1-4H3,(H,18,19). The lowest BCUT2D eigenvalue weighted by molar-refractivity contribution is 0.0924. The molecule has 20 heavy (non-hydrogen) atoms. The van der Waals surface area contributed by atoms with Gasteiger partial charge < -0.3 is 15.4 Å². The molecule has 0 saturated carbocycles. The first-order chi connectivity index (χ1) is 9.54. The third kappa shape index (κ3) is 5.61. The third-order valence-corrected chi connectivity index (χ3v) is 2.96. The van der Waals surface area contributed by atoms with E-state index in [4.69, 9.17) is 4.74 Å². The maximum Gasteiger partial charge on any atom is 0.251 e. The van der Waals surface area contributed by atoms with Crippen LogP contribution in [0.1, 0.15) is 36.2 Å². The van der Waals surface area contributed by atoms with E-state index in [-0.39, 0.29) is 5.91 Å². The SMILES string of the molecule is CNc1ccc(C(=O)NCCCOCC(C)C)c(C)c1. The van der Waals surface area contributed by atoms with Crippen LogP contribution in [0.5, 0.6) is 0 Å². The van der Waals surface area contributed by atoms with Gasteiger partial charge in [-0.25, -0.2) is 0 Å². The summed E-state index contributed by atoms with van der Waals surface area (Å²) in [6.45, 7) is 8.30. The maximum atomic E-state index is 12.0. The average Bonchev–Trinajstić information content (AvgIpc) is 2.41. The Hall–Kier alpha value is -1.55. The van der Waals surface area contributed by atoms with E-state index in [1.54, 1.807) is 0 Å². The van der Waals surface area contributed by atoms with Gasteiger partial charge in [-0.2, -0.15) is 0 Å². The van der Waals surface area contributed by atoms with Crippen LogP contribution in [0.2, 0.25) is 0 Å². The van der Waals surface area contributed by atoms with Gasteiger partial charge in [0.1, 0.15) is 0 Å². The number of ether oxygens (including phenoxy) is 1. The minimum atomic E-state index is -0.0194. The molecule has 0 fully saturated rings. The molecule has 4 heteroatoms. The van der Waals surface area contributed by atoms with E-state index in [1.165, 1.54) is 0 Å². The lowest BCUT2D eigenvalue weighted by Gasteiger charge is -2.10. The molecule has 0 unspecified atom stereocenters. The highest BCUT2D eigenvalue weighted by Gasteiger charge is 2.08. The monoisotopic (exact) mass is 278 g/mol. The van der Waals surface area contributed by atoms with Gasteiger partial charge in [-0.05, 0) is 43.0 Å². The fraction of sp³-hybridized carbons (Fsp3) is 0.562. The minimum absolute atomic E-state index is 0.0194. The largest absolute Gasteiger partial charge is 0.388 e. The van der Waals surface area contributed by atoms with Gasteiger partial charge >= 0.3 is 0 Å². The molecular formula is C16H26N2O2. The second-order valence-electron chi connectivity index (χ2n) is 5.36. The van der Waals surface area contributed by atoms with Crippen LogP contribution in [0.25, 0.3) is 0 Å². The Morgan fingerprint density at radius 3 is 2.70 bits per heavy atom. The molecule has 2 N–H and O–H groups in total. The number of nitrogens with one attached hydrogen (secondary N) is 2. The number of amides is 1. The number of hydrogen-bond donors (Lipinski definition) is 2. The van der Waals surface area contributed by atoms with Crippen molar-refractivity contribution in [1.29, 1.82) is 0 Å². The second-order valence-corrected chi connectivity index (χ2v) is 5.36. The van der Waals surface area contributed by atoms with Crippen molar-refractivity contribution in [1.82, 2.24) is 5.32 Å². The Balaban J connectivity index is 2.32. The van der Waals surface area contributed by atoms with Crippen molar-refractivity contribution < 1.29 is 9.53 Å². The number of carbonyl (C=O) groups is 1. The van der Waals surface area contributed by atoms with E-state index in [0.29, 0.717) is 19.1 Å². The molecule has 112 valence electrons. The average molecular weight is 278 g/mol. The predicted molar refractivity (Wildman–Crippen MR) is 83.3 cm³/mol. The van der Waals surface area contributed by atoms with Crippen molar-refractivity contribution >= 4 is 11.6 Å². The second kappa shape index (κ2) is 8.59. The lowest BCUT2D eigenvalue weighted by atomic mass is 10.1. The van der Waals surface area contributed by atoms with Crippen molar-refractivity contribution in [3.63, 3.8) is 0 Å². The molecule has 0 atom stereocenters. The van der Waals surface area contributed by atoms with Gasteiger partial charge in [0.05, 0.1) is 0 Å². The van der Waals surface area contributed by atoms with E-state index < -0.39 is 0 Å². The summed E-state index contributed by atoms with van der Waals surface area (Å²) in [6, 6.07) is 5.74. The van der Waals surface area contributed by atoms with E-state index >= 15 is 0 Å². The lowest BCUT2D eigenvalue weighted by Crippen LogP contribution is -2.26. The molecule has 0 bridgehead atoms. The molecule has 0 saturated heterocycles. The number of aryl methyl sites for hydroxylation is 1. The number of benzene rings is 1. The predicted octanol–water partition coefficient (Wildman–Crippen LogP) is 2.83. The van der Waals surface area contributed by atoms with Crippen molar-refractivity contribution in [2.24, 2.45) is 5.92 Å². The highest BCUT2D eigenvalue weighted by Crippen LogP contribution is 2.14. The van der Waals surface area contributed by atoms with E-state index in [2.05, 4.69) is 24.5 Å². The molecule has 0 aliphatic carbocycles. The summed E-state index contributed by atoms with van der Waals surface area (Å²) in [4.78, 5) is 12.0. The molecule has 1 amide bonds. The molecule has 1 rings (SSSR count). The molecule has 4 nitrogen and oxygen atoms in total. The quantitative estimate of drug-likeness (QED) is 0.719. The summed E-state index contributed by atoms with van der Waals surface area (Å²) >= 11 is 0. The first kappa shape index (κ1) is 16.5. The van der Waals surface area contributed by atoms with Crippen LogP contribution in [0.3, 0.4) is 0 Å². The first-order valence-corrected chi connectivity index (χ1v) is 7.19. The highest BCUT2D eigenvalue weighted by atomic mass is 16.5. The summed E-state index contributed by atoms with van der Waals surface area (Å²) in [5.74, 6) is 0.534. The zero-order valence-electron chi connectivity index (χ0n) is 13.0. The maximum absolute atomic E-state index is 12.0. The van der Waals surface area contributed by atoms with Crippen LogP contribution < -0.4 is 10.6 Å². The molecule has 0 heterocycles. The van der Waals surface area contributed by atoms with Gasteiger partial charge in [0.15, 0.2) is 0 Å². The first-order valence-electron chi connectivity index (χ1n) is 7.19. The molecule has 0 radical (unpaired) electrons. The fourth-order valence-electron chi connectivity index (χ4n) is 1.86. The normalized spacial score (nSPS) is 10.7. The Morgan fingerprint density at radius 2 is 2.10 bits per heavy atom. The van der Waals surface area contributed by atoms with Crippen molar-refractivity contribution in [2.45, 2.75) is 27.2 Å². The molecule has 0 aromatic heterocycles. The summed E-state index contributed by atoms with van der Waals surface area (Å²) in [7, 11) is 1.87. The van der Waals surface area contributed by atoms with Gasteiger partial charge in [0.25, 0.3) is 5.91 Å². The summed E-state index contributed by atoms with van der Waals surface area (Å²) in [5.41, 5.74) is 2.72. The summed E-state index contributed by atoms with van der Waals surface area (Å²) in [5, 5.41) is 5.99. The minimum Gasteiger partial charge on any atom is -0.388 e. The smallest absolute Gasteiger partial charge is 0.251 e. The van der Waals surface area contributed by atoms with E-state index in [9.17, 15) is 4.79 Å². The Bertz CT molecular complexity index is 430. The van der Waals surface area contributed by atoms with Crippen LogP contribution in [0.15, 0.2) is 18.2 Å². The summed E-state index contributed by atoms with van der Waals surface area (Å²) in [6.07, 6.45) is 0.839. The third-order valence-electron chi connectivity index (χ3n) is 2.96. The van der Waals surface area contributed by atoms with Gasteiger partial charge in [0, 0.05) is 38.1 Å². The van der Waals surface area contributed by atoms with Crippen LogP contribution in [-0.4, -0.2) is 32.7 Å². The van der Waals surface area contributed by atoms with Gasteiger partial charge in [-0.3, -0.25) is 4.79 Å². The topological polar surface area (TPSA) is 50.4 Å². The molecule has 1 aromatic carbocycles. The zero-order valence-corrected chi connectivity index (χ0v) is 13.0. The van der Waals surface area contributed by atoms with E-state index in [1.807, 2.05) is 32.2 Å². The molecule has 0 aliphatic heterocycles. The fourth-order valence-corrected chi connectivity index (χ4v) is 1.86. The van der Waals surface area contributed by atoms with Crippen LogP contribution in [-0.2, 0) is 4.74 Å². The molecule has 1 aromatic rings. The zero-order chi connectivity index (χ0) is 15.0. The Morgan fingerprint density at radius 1 is 1.35 bits per heavy atom. The highest BCUT2D eigenvalue weighted by molar-refractivity contribution is 5.96. The molecule has 0 spiro atoms. The number of rotatable bonds is 8. The van der Waals surface area contributed by atoms with Crippen molar-refractivity contribution in [2.75, 3.05) is 32.1 Å². The van der Waals surface area contributed by atoms with Gasteiger partial charge in [0.2, 0.25) is 0 Å². The van der Waals surface area contributed by atoms with Crippen LogP contribution >= 0.6 is 0 Å². The Labute approximate surface area is 121 Å². The summed E-state index contributed by atoms with van der Waals surface area (Å²) < 4.78 is 5.48. The van der Waals surface area contributed by atoms with Crippen LogP contribution in [0, 0.1) is 12.8 Å². The van der Waals surface area contributed by atoms with Gasteiger partial charge in [-0.15, -0.1) is 0 Å². The van der Waals surface area contributed by atoms with Gasteiger partial charge in [-0.1, -0.05) is 13.8 Å². The van der Waals surface area contributed by atoms with Crippen molar-refractivity contribution in [3.05, 3.63) is 29.3 Å². The number of hydrogen-bond acceptors (Lipinski definition) is 3. The van der Waals surface area contributed by atoms with E-state index in [0.717, 1.165) is 29.8 Å². The molecular weight excluding hydrogens is 252 g/mol. The van der Waals surface area contributed by atoms with Crippen molar-refractivity contribution in [3.8, 4) is 0 Å². The molecule has 0 aliphatic rings. The number of anilines is 1.